The fourth-order valence-corrected chi connectivity index (χ4v) is 2.77. The lowest BCUT2D eigenvalue weighted by Gasteiger charge is -2.23. The third-order valence-electron chi connectivity index (χ3n) is 4.04. The smallest absolute Gasteiger partial charge is 0.128 e. The fourth-order valence-electron chi connectivity index (χ4n) is 2.77. The molecule has 0 amide bonds. The van der Waals surface area contributed by atoms with E-state index < -0.39 is 0 Å². The number of anilines is 1. The molecule has 0 spiro atoms. The molecule has 1 unspecified atom stereocenters. The van der Waals surface area contributed by atoms with Crippen LogP contribution in [0.15, 0.2) is 18.3 Å². The van der Waals surface area contributed by atoms with Crippen LogP contribution >= 0.6 is 0 Å². The molecule has 1 aromatic rings. The normalized spacial score (nSPS) is 20.0. The van der Waals surface area contributed by atoms with E-state index in [1.807, 2.05) is 6.20 Å². The molecule has 0 saturated carbocycles. The van der Waals surface area contributed by atoms with Gasteiger partial charge in [-0.2, -0.15) is 0 Å². The van der Waals surface area contributed by atoms with Crippen LogP contribution in [0.5, 0.6) is 0 Å². The third kappa shape index (κ3) is 5.29. The first-order valence-corrected chi connectivity index (χ1v) is 7.93. The van der Waals surface area contributed by atoms with Crippen LogP contribution in [0.4, 0.5) is 5.82 Å². The average Bonchev–Trinajstić information content (AvgIpc) is 2.81. The molecule has 1 fully saturated rings. The Balaban J connectivity index is 1.86. The maximum absolute atomic E-state index is 4.61. The molecule has 1 aliphatic rings. The first kappa shape index (κ1) is 16.2. The Kier molecular flexibility index (Phi) is 5.22. The predicted octanol–water partition coefficient (Wildman–Crippen LogP) is 2.36. The number of likely N-dealkylation sites (tertiary alicyclic amines) is 1. The third-order valence-corrected chi connectivity index (χ3v) is 4.04. The van der Waals surface area contributed by atoms with Crippen molar-refractivity contribution in [2.75, 3.05) is 38.6 Å². The number of pyridine rings is 1. The molecule has 4 heteroatoms. The van der Waals surface area contributed by atoms with E-state index in [0.717, 1.165) is 24.8 Å². The van der Waals surface area contributed by atoms with Crippen molar-refractivity contribution in [1.82, 2.24) is 15.2 Å². The van der Waals surface area contributed by atoms with E-state index in [1.54, 1.807) is 0 Å². The summed E-state index contributed by atoms with van der Waals surface area (Å²) in [5.74, 6) is 1.84. The molecular formula is C17H30N4. The van der Waals surface area contributed by atoms with Crippen LogP contribution in [-0.4, -0.2) is 49.2 Å². The highest BCUT2D eigenvalue weighted by molar-refractivity contribution is 5.38. The molecule has 21 heavy (non-hydrogen) atoms. The van der Waals surface area contributed by atoms with Crippen molar-refractivity contribution >= 4 is 5.82 Å². The Morgan fingerprint density at radius 2 is 2.14 bits per heavy atom. The Morgan fingerprint density at radius 3 is 2.67 bits per heavy atom. The molecule has 0 aliphatic carbocycles. The summed E-state index contributed by atoms with van der Waals surface area (Å²) in [6.07, 6.45) is 3.29. The lowest BCUT2D eigenvalue weighted by atomic mass is 10.1. The standard InChI is InChI=1S/C17H30N4/c1-17(2,3)19-11-14-6-7-16(18-10-14)21(5)13-15-8-9-20(4)12-15/h6-7,10,15,19H,8-9,11-13H2,1-5H3. The van der Waals surface area contributed by atoms with E-state index in [1.165, 1.54) is 25.1 Å². The van der Waals surface area contributed by atoms with Gasteiger partial charge in [0.05, 0.1) is 0 Å². The zero-order valence-electron chi connectivity index (χ0n) is 14.2. The summed E-state index contributed by atoms with van der Waals surface area (Å²) in [6.45, 7) is 10.9. The summed E-state index contributed by atoms with van der Waals surface area (Å²) >= 11 is 0. The van der Waals surface area contributed by atoms with Gasteiger partial charge in [-0.05, 0) is 58.3 Å². The van der Waals surface area contributed by atoms with Crippen LogP contribution in [0.3, 0.4) is 0 Å². The molecule has 0 aromatic carbocycles. The molecule has 0 radical (unpaired) electrons. The van der Waals surface area contributed by atoms with Crippen LogP contribution in [-0.2, 0) is 6.54 Å². The van der Waals surface area contributed by atoms with Gasteiger partial charge in [0.1, 0.15) is 5.82 Å². The maximum Gasteiger partial charge on any atom is 0.128 e. The second-order valence-corrected chi connectivity index (χ2v) is 7.43. The minimum Gasteiger partial charge on any atom is -0.359 e. The first-order valence-electron chi connectivity index (χ1n) is 7.93. The molecule has 1 atom stereocenters. The van der Waals surface area contributed by atoms with Gasteiger partial charge >= 0.3 is 0 Å². The monoisotopic (exact) mass is 290 g/mol. The van der Waals surface area contributed by atoms with Gasteiger partial charge in [-0.3, -0.25) is 0 Å². The second kappa shape index (κ2) is 6.75. The summed E-state index contributed by atoms with van der Waals surface area (Å²) in [7, 11) is 4.35. The number of nitrogens with zero attached hydrogens (tertiary/aromatic N) is 3. The molecule has 0 bridgehead atoms. The molecule has 4 nitrogen and oxygen atoms in total. The molecule has 2 heterocycles. The first-order chi connectivity index (χ1) is 9.83. The second-order valence-electron chi connectivity index (χ2n) is 7.43. The van der Waals surface area contributed by atoms with Gasteiger partial charge in [-0.1, -0.05) is 6.07 Å². The summed E-state index contributed by atoms with van der Waals surface area (Å²) < 4.78 is 0. The summed E-state index contributed by atoms with van der Waals surface area (Å²) in [4.78, 5) is 9.31. The van der Waals surface area contributed by atoms with Gasteiger partial charge in [-0.25, -0.2) is 4.98 Å². The Morgan fingerprint density at radius 1 is 1.38 bits per heavy atom. The van der Waals surface area contributed by atoms with E-state index in [2.05, 4.69) is 67.1 Å². The average molecular weight is 290 g/mol. The molecule has 1 aromatic heterocycles. The van der Waals surface area contributed by atoms with Crippen molar-refractivity contribution in [2.24, 2.45) is 5.92 Å². The van der Waals surface area contributed by atoms with Crippen LogP contribution in [0, 0.1) is 5.92 Å². The van der Waals surface area contributed by atoms with Crippen molar-refractivity contribution < 1.29 is 0 Å². The number of nitrogens with one attached hydrogen (secondary N) is 1. The summed E-state index contributed by atoms with van der Waals surface area (Å²) in [5, 5.41) is 3.49. The molecule has 2 rings (SSSR count). The van der Waals surface area contributed by atoms with Crippen LogP contribution in [0.2, 0.25) is 0 Å². The number of hydrogen-bond acceptors (Lipinski definition) is 4. The molecule has 1 N–H and O–H groups in total. The van der Waals surface area contributed by atoms with E-state index in [9.17, 15) is 0 Å². The van der Waals surface area contributed by atoms with Crippen molar-refractivity contribution in [2.45, 2.75) is 39.3 Å². The van der Waals surface area contributed by atoms with Gasteiger partial charge in [0.2, 0.25) is 0 Å². The van der Waals surface area contributed by atoms with Crippen molar-refractivity contribution in [3.05, 3.63) is 23.9 Å². The van der Waals surface area contributed by atoms with Gasteiger partial charge in [0.15, 0.2) is 0 Å². The quantitative estimate of drug-likeness (QED) is 0.902. The number of rotatable bonds is 5. The van der Waals surface area contributed by atoms with Gasteiger partial charge in [-0.15, -0.1) is 0 Å². The van der Waals surface area contributed by atoms with Gasteiger partial charge in [0, 0.05) is 38.4 Å². The van der Waals surface area contributed by atoms with Gasteiger partial charge in [0.25, 0.3) is 0 Å². The minimum absolute atomic E-state index is 0.143. The van der Waals surface area contributed by atoms with E-state index in [4.69, 9.17) is 0 Å². The molecule has 1 saturated heterocycles. The molecule has 1 aliphatic heterocycles. The van der Waals surface area contributed by atoms with Crippen LogP contribution in [0.25, 0.3) is 0 Å². The molecule has 118 valence electrons. The number of aromatic nitrogens is 1. The largest absolute Gasteiger partial charge is 0.359 e. The SMILES string of the molecule is CN1CCC(CN(C)c2ccc(CNC(C)(C)C)cn2)C1. The molecular weight excluding hydrogens is 260 g/mol. The van der Waals surface area contributed by atoms with Crippen molar-refractivity contribution in [3.8, 4) is 0 Å². The van der Waals surface area contributed by atoms with Gasteiger partial charge < -0.3 is 15.1 Å². The predicted molar refractivity (Wildman–Crippen MR) is 89.7 cm³/mol. The lowest BCUT2D eigenvalue weighted by molar-refractivity contribution is 0.395. The van der Waals surface area contributed by atoms with E-state index in [-0.39, 0.29) is 5.54 Å². The zero-order chi connectivity index (χ0) is 15.5. The van der Waals surface area contributed by atoms with E-state index in [0.29, 0.717) is 0 Å². The van der Waals surface area contributed by atoms with E-state index >= 15 is 0 Å². The lowest BCUT2D eigenvalue weighted by Crippen LogP contribution is -2.35. The topological polar surface area (TPSA) is 31.4 Å². The minimum atomic E-state index is 0.143. The Hall–Kier alpha value is -1.13. The highest BCUT2D eigenvalue weighted by atomic mass is 15.2. The van der Waals surface area contributed by atoms with Crippen LogP contribution < -0.4 is 10.2 Å². The fraction of sp³-hybridized carbons (Fsp3) is 0.706. The van der Waals surface area contributed by atoms with Crippen molar-refractivity contribution in [1.29, 1.82) is 0 Å². The number of hydrogen-bond donors (Lipinski definition) is 1. The summed E-state index contributed by atoms with van der Waals surface area (Å²) in [6, 6.07) is 4.32. The highest BCUT2D eigenvalue weighted by Gasteiger charge is 2.21. The summed E-state index contributed by atoms with van der Waals surface area (Å²) in [5.41, 5.74) is 1.38. The maximum atomic E-state index is 4.61. The Labute approximate surface area is 129 Å². The van der Waals surface area contributed by atoms with Crippen LogP contribution in [0.1, 0.15) is 32.8 Å². The zero-order valence-corrected chi connectivity index (χ0v) is 14.2. The van der Waals surface area contributed by atoms with Crippen molar-refractivity contribution in [3.63, 3.8) is 0 Å². The Bertz CT molecular complexity index is 435. The highest BCUT2D eigenvalue weighted by Crippen LogP contribution is 2.18.